The number of ether oxygens (including phenoxy) is 1. The molecule has 0 aromatic carbocycles. The van der Waals surface area contributed by atoms with Gasteiger partial charge in [-0.2, -0.15) is 5.10 Å². The van der Waals surface area contributed by atoms with E-state index in [1.54, 1.807) is 19.4 Å². The summed E-state index contributed by atoms with van der Waals surface area (Å²) in [6, 6.07) is 3.76. The van der Waals surface area contributed by atoms with Crippen molar-refractivity contribution in [1.82, 2.24) is 20.2 Å². The topological polar surface area (TPSA) is 75.7 Å². The van der Waals surface area contributed by atoms with Crippen molar-refractivity contribution in [1.29, 1.82) is 0 Å². The lowest BCUT2D eigenvalue weighted by Crippen LogP contribution is -1.93. The van der Waals surface area contributed by atoms with Crippen molar-refractivity contribution in [3.63, 3.8) is 0 Å². The van der Waals surface area contributed by atoms with Gasteiger partial charge in [-0.3, -0.25) is 5.10 Å². The molecule has 2 N–H and O–H groups in total. The number of aromatic nitrogens is 4. The molecule has 0 atom stereocenters. The maximum Gasteiger partial charge on any atom is 0.153 e. The molecule has 0 spiro atoms. The zero-order chi connectivity index (χ0) is 11.9. The monoisotopic (exact) mass is 233 g/mol. The Morgan fingerprint density at radius 3 is 3.12 bits per heavy atom. The Hall–Kier alpha value is -1.95. The minimum absolute atomic E-state index is 0.731. The van der Waals surface area contributed by atoms with Gasteiger partial charge in [0.1, 0.15) is 12.1 Å². The number of H-pyrrole nitrogens is 1. The van der Waals surface area contributed by atoms with E-state index < -0.39 is 0 Å². The summed E-state index contributed by atoms with van der Waals surface area (Å²) in [4.78, 5) is 7.91. The number of methoxy groups -OCH3 is 1. The zero-order valence-corrected chi connectivity index (χ0v) is 9.68. The highest BCUT2D eigenvalue weighted by atomic mass is 16.5. The molecule has 0 aliphatic rings. The van der Waals surface area contributed by atoms with Crippen molar-refractivity contribution >= 4 is 11.6 Å². The van der Waals surface area contributed by atoms with E-state index in [2.05, 4.69) is 25.5 Å². The predicted molar refractivity (Wildman–Crippen MR) is 64.1 cm³/mol. The van der Waals surface area contributed by atoms with Crippen LogP contribution in [0.2, 0.25) is 0 Å². The van der Waals surface area contributed by atoms with Crippen LogP contribution in [-0.2, 0) is 11.2 Å². The van der Waals surface area contributed by atoms with E-state index in [0.717, 1.165) is 36.8 Å². The van der Waals surface area contributed by atoms with Crippen LogP contribution >= 0.6 is 0 Å². The van der Waals surface area contributed by atoms with Gasteiger partial charge in [-0.1, -0.05) is 0 Å². The van der Waals surface area contributed by atoms with Gasteiger partial charge < -0.3 is 10.1 Å². The molecule has 0 radical (unpaired) electrons. The average molecular weight is 233 g/mol. The van der Waals surface area contributed by atoms with Gasteiger partial charge >= 0.3 is 0 Å². The second-order valence-corrected chi connectivity index (χ2v) is 3.59. The number of rotatable bonds is 6. The van der Waals surface area contributed by atoms with E-state index in [0.29, 0.717) is 0 Å². The second kappa shape index (κ2) is 5.95. The lowest BCUT2D eigenvalue weighted by molar-refractivity contribution is 0.195. The molecule has 0 aliphatic carbocycles. The summed E-state index contributed by atoms with van der Waals surface area (Å²) in [5.74, 6) is 1.49. The summed E-state index contributed by atoms with van der Waals surface area (Å²) in [6.45, 7) is 0.758. The van der Waals surface area contributed by atoms with Crippen LogP contribution in [0.15, 0.2) is 24.7 Å². The van der Waals surface area contributed by atoms with E-state index in [-0.39, 0.29) is 0 Å². The van der Waals surface area contributed by atoms with E-state index in [4.69, 9.17) is 4.74 Å². The highest BCUT2D eigenvalue weighted by molar-refractivity contribution is 5.50. The number of nitrogens with one attached hydrogen (secondary N) is 2. The minimum Gasteiger partial charge on any atom is -0.385 e. The van der Waals surface area contributed by atoms with Crippen molar-refractivity contribution < 1.29 is 4.74 Å². The molecule has 17 heavy (non-hydrogen) atoms. The van der Waals surface area contributed by atoms with Gasteiger partial charge in [-0.25, -0.2) is 9.97 Å². The fourth-order valence-corrected chi connectivity index (χ4v) is 1.46. The van der Waals surface area contributed by atoms with Crippen LogP contribution in [0.3, 0.4) is 0 Å². The Labute approximate surface area is 99.4 Å². The van der Waals surface area contributed by atoms with Gasteiger partial charge in [-0.15, -0.1) is 0 Å². The van der Waals surface area contributed by atoms with Crippen LogP contribution in [0.4, 0.5) is 11.6 Å². The van der Waals surface area contributed by atoms with Crippen molar-refractivity contribution in [3.05, 3.63) is 30.4 Å². The average Bonchev–Trinajstić information content (AvgIpc) is 2.79. The van der Waals surface area contributed by atoms with E-state index >= 15 is 0 Å². The van der Waals surface area contributed by atoms with Gasteiger partial charge in [0.15, 0.2) is 5.82 Å². The van der Waals surface area contributed by atoms with Gasteiger partial charge in [0.2, 0.25) is 0 Å². The summed E-state index contributed by atoms with van der Waals surface area (Å²) in [5.41, 5.74) is 1.08. The molecule has 2 rings (SSSR count). The Balaban J connectivity index is 1.90. The largest absolute Gasteiger partial charge is 0.385 e. The molecule has 0 saturated carbocycles. The molecule has 6 nitrogen and oxygen atoms in total. The minimum atomic E-state index is 0.731. The molecule has 2 heterocycles. The predicted octanol–water partition coefficient (Wildman–Crippen LogP) is 1.52. The van der Waals surface area contributed by atoms with Crippen molar-refractivity contribution in [2.24, 2.45) is 0 Å². The molecule has 0 aliphatic heterocycles. The third kappa shape index (κ3) is 3.53. The van der Waals surface area contributed by atoms with Gasteiger partial charge in [0, 0.05) is 31.7 Å². The molecule has 90 valence electrons. The number of aryl methyl sites for hydroxylation is 1. The third-order valence-electron chi connectivity index (χ3n) is 2.26. The van der Waals surface area contributed by atoms with E-state index in [1.165, 1.54) is 6.33 Å². The van der Waals surface area contributed by atoms with Crippen LogP contribution in [0.5, 0.6) is 0 Å². The van der Waals surface area contributed by atoms with Crippen LogP contribution < -0.4 is 5.32 Å². The Morgan fingerprint density at radius 2 is 2.35 bits per heavy atom. The Morgan fingerprint density at radius 1 is 1.41 bits per heavy atom. The summed E-state index contributed by atoms with van der Waals surface area (Å²) in [5, 5.41) is 10.2. The zero-order valence-electron chi connectivity index (χ0n) is 9.68. The molecular weight excluding hydrogens is 218 g/mol. The number of aromatic amines is 1. The number of hydrogen-bond donors (Lipinski definition) is 2. The lowest BCUT2D eigenvalue weighted by Gasteiger charge is -1.98. The van der Waals surface area contributed by atoms with E-state index in [9.17, 15) is 0 Å². The molecular formula is C11H15N5O. The lowest BCUT2D eigenvalue weighted by atomic mass is 10.2. The molecule has 0 unspecified atom stereocenters. The summed E-state index contributed by atoms with van der Waals surface area (Å²) >= 11 is 0. The van der Waals surface area contributed by atoms with Crippen LogP contribution in [-0.4, -0.2) is 33.9 Å². The maximum absolute atomic E-state index is 5.00. The molecule has 2 aromatic heterocycles. The van der Waals surface area contributed by atoms with Crippen molar-refractivity contribution in [2.75, 3.05) is 19.0 Å². The highest BCUT2D eigenvalue weighted by Crippen LogP contribution is 2.12. The molecule has 0 amide bonds. The van der Waals surface area contributed by atoms with Gasteiger partial charge in [0.25, 0.3) is 0 Å². The van der Waals surface area contributed by atoms with Crippen LogP contribution in [0.1, 0.15) is 12.1 Å². The first kappa shape index (κ1) is 11.5. The van der Waals surface area contributed by atoms with Gasteiger partial charge in [-0.05, 0) is 18.9 Å². The summed E-state index contributed by atoms with van der Waals surface area (Å²) in [7, 11) is 1.70. The maximum atomic E-state index is 5.00. The van der Waals surface area contributed by atoms with Gasteiger partial charge in [0.05, 0.1) is 0 Å². The molecule has 2 aromatic rings. The summed E-state index contributed by atoms with van der Waals surface area (Å²) < 4.78 is 5.00. The normalized spacial score (nSPS) is 10.4. The SMILES string of the molecule is COCCCc1cc(Nc2ccncn2)n[nH]1. The van der Waals surface area contributed by atoms with Crippen molar-refractivity contribution in [3.8, 4) is 0 Å². The quantitative estimate of drug-likeness (QED) is 0.740. The summed E-state index contributed by atoms with van der Waals surface area (Å²) in [6.07, 6.45) is 5.08. The number of anilines is 2. The molecule has 6 heteroatoms. The highest BCUT2D eigenvalue weighted by Gasteiger charge is 2.01. The van der Waals surface area contributed by atoms with E-state index in [1.807, 2.05) is 6.07 Å². The number of hydrogen-bond acceptors (Lipinski definition) is 5. The number of nitrogens with zero attached hydrogens (tertiary/aromatic N) is 3. The van der Waals surface area contributed by atoms with Crippen molar-refractivity contribution in [2.45, 2.75) is 12.8 Å². The third-order valence-corrected chi connectivity index (χ3v) is 2.26. The second-order valence-electron chi connectivity index (χ2n) is 3.59. The smallest absolute Gasteiger partial charge is 0.153 e. The van der Waals surface area contributed by atoms with Crippen LogP contribution in [0, 0.1) is 0 Å². The molecule has 0 fully saturated rings. The first-order valence-corrected chi connectivity index (χ1v) is 5.45. The van der Waals surface area contributed by atoms with Crippen LogP contribution in [0.25, 0.3) is 0 Å². The first-order valence-electron chi connectivity index (χ1n) is 5.45. The Kier molecular flexibility index (Phi) is 4.04. The fourth-order valence-electron chi connectivity index (χ4n) is 1.46. The molecule has 0 saturated heterocycles. The molecule has 0 bridgehead atoms. The Bertz CT molecular complexity index is 442. The fraction of sp³-hybridized carbons (Fsp3) is 0.364. The first-order chi connectivity index (χ1) is 8.38. The standard InChI is InChI=1S/C11H15N5O/c1-17-6-2-3-9-7-11(16-15-9)14-10-4-5-12-8-13-10/h4-5,7-8H,2-3,6H2,1H3,(H2,12,13,14,15,16).